The van der Waals surface area contributed by atoms with Crippen molar-refractivity contribution in [1.82, 2.24) is 28.7 Å². The number of ether oxygens (including phenoxy) is 4. The van der Waals surface area contributed by atoms with Crippen molar-refractivity contribution in [3.63, 3.8) is 0 Å². The SMILES string of the molecule is O=C(CCn1ccnc1)Oc1ccc2c(c1)CCc1ccc(cc1)Oc1cc(ccc1OC(=O)CCn1ccnc1)CCc1cc(OC(=O)CCn3ccnc3)ccc1-2. The van der Waals surface area contributed by atoms with E-state index in [1.165, 1.54) is 0 Å². The van der Waals surface area contributed by atoms with Gasteiger partial charge in [-0.1, -0.05) is 30.3 Å². The molecule has 4 aromatic carbocycles. The first kappa shape index (κ1) is 38.6. The van der Waals surface area contributed by atoms with Crippen LogP contribution >= 0.6 is 0 Å². The Morgan fingerprint density at radius 1 is 0.525 bits per heavy atom. The van der Waals surface area contributed by atoms with Crippen molar-refractivity contribution in [2.45, 2.75) is 64.6 Å². The van der Waals surface area contributed by atoms with E-state index in [0.717, 1.165) is 33.4 Å². The number of hydrogen-bond acceptors (Lipinski definition) is 10. The molecule has 13 heteroatoms. The van der Waals surface area contributed by atoms with Gasteiger partial charge in [-0.25, -0.2) is 15.0 Å². The number of rotatable bonds is 12. The third kappa shape index (κ3) is 10.4. The summed E-state index contributed by atoms with van der Waals surface area (Å²) in [6.07, 6.45) is 18.5. The molecule has 0 saturated carbocycles. The lowest BCUT2D eigenvalue weighted by Gasteiger charge is -2.18. The zero-order valence-electron chi connectivity index (χ0n) is 32.3. The molecule has 7 aromatic rings. The van der Waals surface area contributed by atoms with E-state index in [-0.39, 0.29) is 37.2 Å². The minimum Gasteiger partial charge on any atom is -0.453 e. The summed E-state index contributed by atoms with van der Waals surface area (Å²) < 4.78 is 29.4. The van der Waals surface area contributed by atoms with Crippen LogP contribution in [-0.4, -0.2) is 46.6 Å². The van der Waals surface area contributed by atoms with Gasteiger partial charge in [0, 0.05) is 56.8 Å². The molecular weight excluding hydrogens is 749 g/mol. The molecule has 5 heterocycles. The highest BCUT2D eigenvalue weighted by Gasteiger charge is 2.18. The zero-order valence-corrected chi connectivity index (χ0v) is 32.3. The molecule has 0 radical (unpaired) electrons. The van der Waals surface area contributed by atoms with Crippen molar-refractivity contribution in [3.8, 4) is 39.9 Å². The fourth-order valence-electron chi connectivity index (χ4n) is 6.94. The van der Waals surface area contributed by atoms with Crippen LogP contribution in [0.5, 0.6) is 28.7 Å². The molecule has 0 unspecified atom stereocenters. The summed E-state index contributed by atoms with van der Waals surface area (Å²) in [6.45, 7) is 1.37. The van der Waals surface area contributed by atoms with Gasteiger partial charge in [-0.3, -0.25) is 14.4 Å². The smallest absolute Gasteiger partial charge is 0.313 e. The van der Waals surface area contributed by atoms with Crippen LogP contribution in [0.15, 0.2) is 135 Å². The first-order valence-electron chi connectivity index (χ1n) is 19.6. The second kappa shape index (κ2) is 18.3. The molecule has 0 amide bonds. The second-order valence-corrected chi connectivity index (χ2v) is 14.2. The maximum Gasteiger partial charge on any atom is 0.313 e. The molecule has 9 rings (SSSR count). The van der Waals surface area contributed by atoms with Gasteiger partial charge in [0.15, 0.2) is 11.5 Å². The predicted molar refractivity (Wildman–Crippen MR) is 217 cm³/mol. The first-order chi connectivity index (χ1) is 28.9. The fraction of sp³-hybridized carbons (Fsp3) is 0.217. The van der Waals surface area contributed by atoms with Gasteiger partial charge in [0.1, 0.15) is 17.2 Å². The first-order valence-corrected chi connectivity index (χ1v) is 19.6. The molecular formula is C46H42N6O7. The topological polar surface area (TPSA) is 142 Å². The third-order valence-electron chi connectivity index (χ3n) is 10.1. The van der Waals surface area contributed by atoms with Gasteiger partial charge in [-0.15, -0.1) is 0 Å². The molecule has 2 aliphatic rings. The summed E-state index contributed by atoms with van der Waals surface area (Å²) in [5, 5.41) is 0. The maximum atomic E-state index is 13.0. The van der Waals surface area contributed by atoms with Crippen LogP contribution < -0.4 is 18.9 Å². The molecule has 3 aromatic heterocycles. The fourth-order valence-corrected chi connectivity index (χ4v) is 6.94. The largest absolute Gasteiger partial charge is 0.453 e. The van der Waals surface area contributed by atoms with Crippen LogP contribution in [0.25, 0.3) is 11.1 Å². The average molecular weight is 791 g/mol. The number of nitrogens with zero attached hydrogens (tertiary/aromatic N) is 6. The van der Waals surface area contributed by atoms with E-state index in [0.29, 0.717) is 74.1 Å². The van der Waals surface area contributed by atoms with Gasteiger partial charge in [0.2, 0.25) is 0 Å². The minimum atomic E-state index is -0.388. The van der Waals surface area contributed by atoms with Crippen molar-refractivity contribution in [1.29, 1.82) is 0 Å². The van der Waals surface area contributed by atoms with Crippen molar-refractivity contribution in [3.05, 3.63) is 157 Å². The van der Waals surface area contributed by atoms with Crippen molar-refractivity contribution >= 4 is 17.9 Å². The normalized spacial score (nSPS) is 12.2. The van der Waals surface area contributed by atoms with Crippen LogP contribution in [0.1, 0.15) is 41.5 Å². The van der Waals surface area contributed by atoms with Crippen LogP contribution in [0.3, 0.4) is 0 Å². The molecule has 2 aliphatic heterocycles. The molecule has 13 nitrogen and oxygen atoms in total. The highest BCUT2D eigenvalue weighted by atomic mass is 16.6. The number of fused-ring (bicyclic) bond motifs is 4. The van der Waals surface area contributed by atoms with Crippen molar-refractivity contribution in [2.24, 2.45) is 0 Å². The Kier molecular flexibility index (Phi) is 12.0. The predicted octanol–water partition coefficient (Wildman–Crippen LogP) is 7.61. The molecule has 0 saturated heterocycles. The Balaban J connectivity index is 1.09. The van der Waals surface area contributed by atoms with E-state index in [1.54, 1.807) is 56.0 Å². The van der Waals surface area contributed by atoms with E-state index >= 15 is 0 Å². The van der Waals surface area contributed by atoms with E-state index in [9.17, 15) is 14.4 Å². The third-order valence-corrected chi connectivity index (χ3v) is 10.1. The van der Waals surface area contributed by atoms with E-state index in [1.807, 2.05) is 92.7 Å². The lowest BCUT2D eigenvalue weighted by atomic mass is 9.90. The number of carbonyl (C=O) groups is 3. The Morgan fingerprint density at radius 2 is 1.00 bits per heavy atom. The van der Waals surface area contributed by atoms with Crippen molar-refractivity contribution < 1.29 is 33.3 Å². The van der Waals surface area contributed by atoms with E-state index < -0.39 is 0 Å². The number of benzene rings is 4. The standard InChI is InChI=1S/C46H42N6O7/c53-44(15-21-50-24-18-47-30-50)57-38-10-12-40-35(28-38)6-1-33-3-8-37(9-4-33)56-43-27-34(5-14-42(43)59-46(55)17-23-52-26-20-49-32-52)2-7-36-29-39(11-13-41(36)40)58-45(54)16-22-51-25-19-48-31-51/h3-5,8-14,18-20,24-32H,1-2,6-7,15-17,21-23H2. The number of hydrogen-bond donors (Lipinski definition) is 0. The molecule has 0 aliphatic carbocycles. The molecule has 298 valence electrons. The summed E-state index contributed by atoms with van der Waals surface area (Å²) >= 11 is 0. The Hall–Kier alpha value is -7.28. The summed E-state index contributed by atoms with van der Waals surface area (Å²) in [4.78, 5) is 51.0. The minimum absolute atomic E-state index is 0.164. The lowest BCUT2D eigenvalue weighted by Crippen LogP contribution is -2.12. The maximum absolute atomic E-state index is 13.0. The number of imidazole rings is 3. The highest BCUT2D eigenvalue weighted by Crippen LogP contribution is 2.37. The van der Waals surface area contributed by atoms with Gasteiger partial charge in [0.25, 0.3) is 0 Å². The Morgan fingerprint density at radius 3 is 1.49 bits per heavy atom. The number of aromatic nitrogens is 6. The van der Waals surface area contributed by atoms with Gasteiger partial charge in [-0.2, -0.15) is 0 Å². The molecule has 0 spiro atoms. The quantitative estimate of drug-likeness (QED) is 0.0897. The second-order valence-electron chi connectivity index (χ2n) is 14.2. The van der Waals surface area contributed by atoms with Crippen LogP contribution in [0, 0.1) is 0 Å². The monoisotopic (exact) mass is 790 g/mol. The number of esters is 3. The lowest BCUT2D eigenvalue weighted by molar-refractivity contribution is -0.135. The Labute approximate surface area is 340 Å². The summed E-state index contributed by atoms with van der Waals surface area (Å²) in [6, 6.07) is 25.0. The number of carbonyl (C=O) groups excluding carboxylic acids is 3. The molecule has 0 N–H and O–H groups in total. The molecule has 59 heavy (non-hydrogen) atoms. The Bertz CT molecular complexity index is 2510. The summed E-state index contributed by atoms with van der Waals surface area (Å²) in [7, 11) is 0. The number of aryl methyl sites for hydroxylation is 7. The van der Waals surface area contributed by atoms with Gasteiger partial charge >= 0.3 is 17.9 Å². The van der Waals surface area contributed by atoms with Crippen LogP contribution in [0.2, 0.25) is 0 Å². The van der Waals surface area contributed by atoms with Gasteiger partial charge in [-0.05, 0) is 108 Å². The summed E-state index contributed by atoms with van der Waals surface area (Å²) in [5.41, 5.74) is 5.96. The molecule has 0 fully saturated rings. The molecule has 4 bridgehead atoms. The van der Waals surface area contributed by atoms with Crippen molar-refractivity contribution in [2.75, 3.05) is 0 Å². The van der Waals surface area contributed by atoms with Gasteiger partial charge in [0.05, 0.1) is 38.2 Å². The van der Waals surface area contributed by atoms with E-state index in [4.69, 9.17) is 18.9 Å². The van der Waals surface area contributed by atoms with E-state index in [2.05, 4.69) is 15.0 Å². The van der Waals surface area contributed by atoms with Crippen LogP contribution in [0.4, 0.5) is 0 Å². The summed E-state index contributed by atoms with van der Waals surface area (Å²) in [5.74, 6) is 1.19. The van der Waals surface area contributed by atoms with Gasteiger partial charge < -0.3 is 32.6 Å². The highest BCUT2D eigenvalue weighted by molar-refractivity contribution is 5.77. The average Bonchev–Trinajstić information content (AvgIpc) is 4.07. The van der Waals surface area contributed by atoms with Crippen LogP contribution in [-0.2, 0) is 59.7 Å². The molecule has 0 atom stereocenters. The zero-order chi connectivity index (χ0) is 40.4.